The van der Waals surface area contributed by atoms with Gasteiger partial charge in [-0.2, -0.15) is 0 Å². The SMILES string of the molecule is CCOC(=O)[C@H]1Cc2cc(ccc2OCc2ccnc(-c3ccccc3OC)n2)CC[C@@H](CO[Si](c2ccccc2)(c2ccccc2)C(C)(C)C)Oc2ccc(c(C)c2Cl)-c2c(-c3ccc(F)cc3)sc3ncnc(c23)O1. The predicted molar refractivity (Wildman–Crippen MR) is 304 cm³/mol. The zero-order valence-corrected chi connectivity index (χ0v) is 46.3. The molecule has 0 amide bonds. The number of hydrogen-bond donors (Lipinski definition) is 0. The van der Waals surface area contributed by atoms with Gasteiger partial charge in [0.25, 0.3) is 8.32 Å². The largest absolute Gasteiger partial charge is 0.496 e. The molecule has 0 spiro atoms. The number of para-hydroxylation sites is 1. The van der Waals surface area contributed by atoms with Crippen LogP contribution in [0.4, 0.5) is 4.39 Å². The summed E-state index contributed by atoms with van der Waals surface area (Å²) >= 11 is 8.90. The number of aromatic nitrogens is 4. The molecule has 0 N–H and O–H groups in total. The van der Waals surface area contributed by atoms with Crippen molar-refractivity contribution in [2.24, 2.45) is 0 Å². The molecular formula is C62H58ClFN4O7SSi. The molecule has 15 heteroatoms. The highest BCUT2D eigenvalue weighted by molar-refractivity contribution is 7.22. The molecule has 0 radical (unpaired) electrons. The minimum atomic E-state index is -3.02. The Kier molecular flexibility index (Phi) is 15.8. The van der Waals surface area contributed by atoms with Crippen molar-refractivity contribution in [3.8, 4) is 56.1 Å². The summed E-state index contributed by atoms with van der Waals surface area (Å²) in [7, 11) is -1.41. The van der Waals surface area contributed by atoms with E-state index < -0.39 is 26.5 Å². The van der Waals surface area contributed by atoms with Crippen LogP contribution < -0.4 is 29.3 Å². The second-order valence-electron chi connectivity index (χ2n) is 19.8. The van der Waals surface area contributed by atoms with E-state index in [4.69, 9.17) is 54.7 Å². The van der Waals surface area contributed by atoms with Crippen molar-refractivity contribution >= 4 is 57.8 Å². The minimum Gasteiger partial charge on any atom is -0.496 e. The van der Waals surface area contributed by atoms with Gasteiger partial charge in [-0.3, -0.25) is 0 Å². The van der Waals surface area contributed by atoms with Crippen LogP contribution in [-0.4, -0.2) is 66.8 Å². The maximum atomic E-state index is 14.5. The van der Waals surface area contributed by atoms with Crippen LogP contribution in [0.3, 0.4) is 0 Å². The Hall–Kier alpha value is -7.49. The molecule has 392 valence electrons. The third-order valence-electron chi connectivity index (χ3n) is 13.9. The van der Waals surface area contributed by atoms with E-state index in [1.165, 1.54) is 29.8 Å². The summed E-state index contributed by atoms with van der Waals surface area (Å²) < 4.78 is 54.1. The van der Waals surface area contributed by atoms with Crippen molar-refractivity contribution in [1.82, 2.24) is 19.9 Å². The number of aryl methyl sites for hydroxylation is 1. The number of carbonyl (C=O) groups is 1. The van der Waals surface area contributed by atoms with Crippen LogP contribution in [0, 0.1) is 12.7 Å². The Morgan fingerprint density at radius 1 is 0.831 bits per heavy atom. The summed E-state index contributed by atoms with van der Waals surface area (Å²) in [5, 5.41) is 2.99. The van der Waals surface area contributed by atoms with E-state index >= 15 is 0 Å². The van der Waals surface area contributed by atoms with Gasteiger partial charge in [0.15, 0.2) is 5.82 Å². The van der Waals surface area contributed by atoms with E-state index in [-0.39, 0.29) is 43.0 Å². The number of rotatable bonds is 13. The Labute approximate surface area is 458 Å². The molecule has 4 bridgehead atoms. The van der Waals surface area contributed by atoms with E-state index in [0.717, 1.165) is 43.1 Å². The van der Waals surface area contributed by atoms with E-state index in [2.05, 4.69) is 74.3 Å². The molecule has 2 atom stereocenters. The molecule has 6 aromatic carbocycles. The summed E-state index contributed by atoms with van der Waals surface area (Å²) in [6.07, 6.45) is 2.56. The molecular weight excluding hydrogens is 1030 g/mol. The molecule has 0 aliphatic carbocycles. The lowest BCUT2D eigenvalue weighted by molar-refractivity contribution is -0.151. The predicted octanol–water partition coefficient (Wildman–Crippen LogP) is 13.0. The molecule has 77 heavy (non-hydrogen) atoms. The number of hydrogen-bond acceptors (Lipinski definition) is 12. The van der Waals surface area contributed by atoms with Gasteiger partial charge in [0, 0.05) is 23.1 Å². The highest BCUT2D eigenvalue weighted by Crippen LogP contribution is 2.50. The zero-order valence-electron chi connectivity index (χ0n) is 43.7. The first kappa shape index (κ1) is 52.9. The average molecular weight is 1090 g/mol. The lowest BCUT2D eigenvalue weighted by Crippen LogP contribution is -2.67. The van der Waals surface area contributed by atoms with Crippen molar-refractivity contribution < 1.29 is 37.3 Å². The van der Waals surface area contributed by atoms with E-state index in [1.807, 2.05) is 73.7 Å². The summed E-state index contributed by atoms with van der Waals surface area (Å²) in [4.78, 5) is 34.5. The van der Waals surface area contributed by atoms with Gasteiger partial charge in [0.05, 0.1) is 42.0 Å². The average Bonchev–Trinajstić information content (AvgIpc) is 3.96. The number of nitrogens with zero attached hydrogens (tertiary/aromatic N) is 4. The highest BCUT2D eigenvalue weighted by atomic mass is 35.5. The maximum absolute atomic E-state index is 14.5. The van der Waals surface area contributed by atoms with Gasteiger partial charge < -0.3 is 28.1 Å². The van der Waals surface area contributed by atoms with Crippen molar-refractivity contribution in [3.05, 3.63) is 191 Å². The number of ether oxygens (including phenoxy) is 5. The van der Waals surface area contributed by atoms with Crippen LogP contribution in [0.2, 0.25) is 10.1 Å². The van der Waals surface area contributed by atoms with Gasteiger partial charge in [-0.25, -0.2) is 29.1 Å². The summed E-state index contributed by atoms with van der Waals surface area (Å²) in [6, 6.07) is 46.7. The monoisotopic (exact) mass is 1080 g/mol. The second kappa shape index (κ2) is 23.0. The molecule has 2 aliphatic heterocycles. The molecule has 3 aromatic heterocycles. The fraction of sp³-hybridized carbons (Fsp3) is 0.242. The smallest absolute Gasteiger partial charge is 0.347 e. The number of esters is 1. The highest BCUT2D eigenvalue weighted by Gasteiger charge is 2.50. The van der Waals surface area contributed by atoms with Crippen LogP contribution in [0.1, 0.15) is 56.5 Å². The number of methoxy groups -OCH3 is 1. The fourth-order valence-electron chi connectivity index (χ4n) is 10.2. The molecule has 2 aliphatic rings. The molecule has 9 aromatic rings. The fourth-order valence-corrected chi connectivity index (χ4v) is 16.1. The lowest BCUT2D eigenvalue weighted by Gasteiger charge is -2.43. The van der Waals surface area contributed by atoms with Crippen molar-refractivity contribution in [2.75, 3.05) is 20.3 Å². The van der Waals surface area contributed by atoms with Crippen LogP contribution in [0.25, 0.3) is 43.2 Å². The Morgan fingerprint density at radius 2 is 1.56 bits per heavy atom. The van der Waals surface area contributed by atoms with Crippen LogP contribution in [-0.2, 0) is 33.4 Å². The van der Waals surface area contributed by atoms with Crippen molar-refractivity contribution in [3.63, 3.8) is 0 Å². The molecule has 0 saturated carbocycles. The van der Waals surface area contributed by atoms with Gasteiger partial charge in [-0.1, -0.05) is 136 Å². The Morgan fingerprint density at radius 3 is 2.27 bits per heavy atom. The number of carbonyl (C=O) groups excluding carboxylic acids is 1. The van der Waals surface area contributed by atoms with Crippen molar-refractivity contribution in [1.29, 1.82) is 0 Å². The number of benzene rings is 6. The summed E-state index contributed by atoms with van der Waals surface area (Å²) in [5.74, 6) is 1.37. The normalized spacial score (nSPS) is 14.8. The van der Waals surface area contributed by atoms with Gasteiger partial charge >= 0.3 is 5.97 Å². The first-order valence-corrected chi connectivity index (χ1v) is 28.7. The number of thiophene rings is 1. The lowest BCUT2D eigenvalue weighted by atomic mass is 9.96. The Balaban J connectivity index is 1.11. The third kappa shape index (κ3) is 11.1. The molecule has 0 unspecified atom stereocenters. The first-order chi connectivity index (χ1) is 37.3. The first-order valence-electron chi connectivity index (χ1n) is 25.6. The quantitative estimate of drug-likeness (QED) is 0.0809. The summed E-state index contributed by atoms with van der Waals surface area (Å²) in [5.41, 5.74) is 5.97. The number of fused-ring (bicyclic) bond motifs is 7. The standard InChI is InChI=1S/C62H58ClFN4O7SSi/c1-7-71-61(69)53-35-42-34-40(23-30-50(42)72-36-44-32-33-65-58(68-44)49-20-14-15-21-51(49)70-6)22-28-45(37-73-77(62(3,4)5,46-16-10-8-11-17-46)47-18-12-9-13-19-47)74-52-31-29-48(39(2)56(52)63)54-55-59(75-53)66-38-67-60(55)76-57(54)41-24-26-43(64)27-25-41/h8-21,23-27,29-34,38,45,53H,7,22,28,35-37H2,1-6H3/t45-,53+/m0/s1. The van der Waals surface area contributed by atoms with Gasteiger partial charge in [-0.05, 0) is 112 Å². The molecule has 0 fully saturated rings. The van der Waals surface area contributed by atoms with E-state index in [9.17, 15) is 9.18 Å². The van der Waals surface area contributed by atoms with E-state index in [0.29, 0.717) is 68.0 Å². The minimum absolute atomic E-state index is 0.0457. The van der Waals surface area contributed by atoms with Gasteiger partial charge in [-0.15, -0.1) is 11.3 Å². The van der Waals surface area contributed by atoms with Crippen LogP contribution >= 0.6 is 22.9 Å². The number of halogens is 2. The van der Waals surface area contributed by atoms with Crippen LogP contribution in [0.5, 0.6) is 23.1 Å². The molecule has 11 rings (SSSR count). The van der Waals surface area contributed by atoms with Gasteiger partial charge in [0.2, 0.25) is 12.0 Å². The van der Waals surface area contributed by atoms with Gasteiger partial charge in [0.1, 0.15) is 46.9 Å². The zero-order chi connectivity index (χ0) is 53.7. The van der Waals surface area contributed by atoms with Crippen molar-refractivity contribution in [2.45, 2.75) is 77.7 Å². The Bertz CT molecular complexity index is 3510. The third-order valence-corrected chi connectivity index (χ3v) is 20.5. The maximum Gasteiger partial charge on any atom is 0.347 e. The topological polar surface area (TPSA) is 124 Å². The molecule has 0 saturated heterocycles. The van der Waals surface area contributed by atoms with Crippen LogP contribution in [0.15, 0.2) is 158 Å². The summed E-state index contributed by atoms with van der Waals surface area (Å²) in [6.45, 7) is 10.9. The van der Waals surface area contributed by atoms with E-state index in [1.54, 1.807) is 38.4 Å². The molecule has 5 heterocycles. The molecule has 11 nitrogen and oxygen atoms in total. The second-order valence-corrected chi connectivity index (χ2v) is 25.5.